The Bertz CT molecular complexity index is 323. The van der Waals surface area contributed by atoms with E-state index >= 15 is 0 Å². The number of hydrogen-bond donors (Lipinski definition) is 0. The molecule has 0 heterocycles. The molecule has 0 aromatic heterocycles. The van der Waals surface area contributed by atoms with Gasteiger partial charge in [-0.3, -0.25) is 0 Å². The Hall–Kier alpha value is -0.820. The van der Waals surface area contributed by atoms with Crippen molar-refractivity contribution in [3.8, 4) is 0 Å². The number of likely N-dealkylation sites (N-methyl/N-ethyl adjacent to an activating group) is 1. The quantitative estimate of drug-likeness (QED) is 0.695. The van der Waals surface area contributed by atoms with Crippen molar-refractivity contribution in [2.75, 3.05) is 20.6 Å². The van der Waals surface area contributed by atoms with Crippen molar-refractivity contribution in [2.45, 2.75) is 44.6 Å². The SMILES string of the molecule is C[N+](C)(CCc1ccccc1)C1CCCCC1. The molecule has 1 nitrogen and oxygen atoms in total. The molecule has 1 saturated carbocycles. The van der Waals surface area contributed by atoms with Crippen LogP contribution in [0.25, 0.3) is 0 Å². The van der Waals surface area contributed by atoms with Gasteiger partial charge in [0.2, 0.25) is 0 Å². The van der Waals surface area contributed by atoms with Gasteiger partial charge in [-0.15, -0.1) is 0 Å². The standard InChI is InChI=1S/C16H26N/c1-17(2,16-11-7-4-8-12-16)14-13-15-9-5-3-6-10-15/h3,5-6,9-10,16H,4,7-8,11-14H2,1-2H3/q+1. The summed E-state index contributed by atoms with van der Waals surface area (Å²) in [5, 5.41) is 0. The minimum Gasteiger partial charge on any atom is -0.326 e. The zero-order valence-corrected chi connectivity index (χ0v) is 11.4. The molecule has 0 N–H and O–H groups in total. The van der Waals surface area contributed by atoms with Crippen molar-refractivity contribution >= 4 is 0 Å². The van der Waals surface area contributed by atoms with Crippen LogP contribution in [-0.2, 0) is 6.42 Å². The Morgan fingerprint density at radius 1 is 1.00 bits per heavy atom. The first-order valence-electron chi connectivity index (χ1n) is 7.05. The van der Waals surface area contributed by atoms with E-state index in [2.05, 4.69) is 44.4 Å². The number of rotatable bonds is 4. The molecule has 1 aromatic rings. The van der Waals surface area contributed by atoms with Crippen molar-refractivity contribution in [3.05, 3.63) is 35.9 Å². The number of quaternary nitrogens is 1. The van der Waals surface area contributed by atoms with Gasteiger partial charge in [0.15, 0.2) is 0 Å². The third-order valence-corrected chi connectivity index (χ3v) is 4.38. The minimum absolute atomic E-state index is 0.896. The Morgan fingerprint density at radius 2 is 1.65 bits per heavy atom. The molecule has 0 spiro atoms. The van der Waals surface area contributed by atoms with E-state index in [1.807, 2.05) is 0 Å². The topological polar surface area (TPSA) is 0 Å². The first-order valence-corrected chi connectivity index (χ1v) is 7.05. The van der Waals surface area contributed by atoms with Gasteiger partial charge in [0.1, 0.15) is 0 Å². The van der Waals surface area contributed by atoms with Crippen molar-refractivity contribution in [1.82, 2.24) is 0 Å². The Labute approximate surface area is 106 Å². The fourth-order valence-electron chi connectivity index (χ4n) is 3.02. The highest BCUT2D eigenvalue weighted by atomic mass is 15.3. The summed E-state index contributed by atoms with van der Waals surface area (Å²) in [6.45, 7) is 1.27. The summed E-state index contributed by atoms with van der Waals surface area (Å²) in [4.78, 5) is 0. The van der Waals surface area contributed by atoms with E-state index in [1.165, 1.54) is 55.1 Å². The van der Waals surface area contributed by atoms with Crippen molar-refractivity contribution in [2.24, 2.45) is 0 Å². The lowest BCUT2D eigenvalue weighted by molar-refractivity contribution is -0.916. The molecule has 0 unspecified atom stereocenters. The van der Waals surface area contributed by atoms with Gasteiger partial charge in [-0.1, -0.05) is 36.8 Å². The van der Waals surface area contributed by atoms with Gasteiger partial charge >= 0.3 is 0 Å². The first-order chi connectivity index (χ1) is 8.18. The van der Waals surface area contributed by atoms with Gasteiger partial charge in [0.25, 0.3) is 0 Å². The smallest absolute Gasteiger partial charge is 0.0886 e. The third kappa shape index (κ3) is 3.57. The maximum absolute atomic E-state index is 2.42. The maximum Gasteiger partial charge on any atom is 0.0886 e. The highest BCUT2D eigenvalue weighted by molar-refractivity contribution is 5.14. The average Bonchev–Trinajstić information content (AvgIpc) is 2.39. The Morgan fingerprint density at radius 3 is 2.29 bits per heavy atom. The molecule has 1 aromatic carbocycles. The van der Waals surface area contributed by atoms with Crippen LogP contribution >= 0.6 is 0 Å². The van der Waals surface area contributed by atoms with Crippen LogP contribution in [0.4, 0.5) is 0 Å². The van der Waals surface area contributed by atoms with Gasteiger partial charge in [-0.25, -0.2) is 0 Å². The monoisotopic (exact) mass is 232 g/mol. The maximum atomic E-state index is 2.42. The molecular weight excluding hydrogens is 206 g/mol. The van der Waals surface area contributed by atoms with Crippen LogP contribution in [0.5, 0.6) is 0 Å². The fraction of sp³-hybridized carbons (Fsp3) is 0.625. The predicted octanol–water partition coefficient (Wildman–Crippen LogP) is 3.64. The molecular formula is C16H26N+. The predicted molar refractivity (Wildman–Crippen MR) is 74.0 cm³/mol. The molecule has 0 saturated heterocycles. The third-order valence-electron chi connectivity index (χ3n) is 4.38. The summed E-state index contributed by atoms with van der Waals surface area (Å²) in [6.07, 6.45) is 8.42. The molecule has 0 amide bonds. The summed E-state index contributed by atoms with van der Waals surface area (Å²) < 4.78 is 1.20. The lowest BCUT2D eigenvalue weighted by Gasteiger charge is -2.40. The molecule has 94 valence electrons. The molecule has 0 atom stereocenters. The molecule has 0 bridgehead atoms. The second kappa shape index (κ2) is 5.68. The normalized spacial score (nSPS) is 18.2. The number of benzene rings is 1. The van der Waals surface area contributed by atoms with Crippen LogP contribution in [0.1, 0.15) is 37.7 Å². The van der Waals surface area contributed by atoms with Gasteiger partial charge < -0.3 is 4.48 Å². The van der Waals surface area contributed by atoms with Crippen molar-refractivity contribution in [1.29, 1.82) is 0 Å². The van der Waals surface area contributed by atoms with Crippen LogP contribution in [0.2, 0.25) is 0 Å². The van der Waals surface area contributed by atoms with E-state index in [0.717, 1.165) is 6.04 Å². The van der Waals surface area contributed by atoms with E-state index in [9.17, 15) is 0 Å². The largest absolute Gasteiger partial charge is 0.326 e. The zero-order valence-electron chi connectivity index (χ0n) is 11.4. The molecule has 1 aliphatic carbocycles. The van der Waals surface area contributed by atoms with E-state index in [0.29, 0.717) is 0 Å². The molecule has 17 heavy (non-hydrogen) atoms. The molecule has 0 aliphatic heterocycles. The summed E-state index contributed by atoms with van der Waals surface area (Å²) in [5.41, 5.74) is 1.48. The summed E-state index contributed by atoms with van der Waals surface area (Å²) in [7, 11) is 4.83. The van der Waals surface area contributed by atoms with Crippen LogP contribution in [0, 0.1) is 0 Å². The van der Waals surface area contributed by atoms with Crippen molar-refractivity contribution < 1.29 is 4.48 Å². The van der Waals surface area contributed by atoms with E-state index < -0.39 is 0 Å². The number of nitrogens with zero attached hydrogens (tertiary/aromatic N) is 1. The second-order valence-electron chi connectivity index (χ2n) is 6.03. The van der Waals surface area contributed by atoms with Crippen LogP contribution < -0.4 is 0 Å². The second-order valence-corrected chi connectivity index (χ2v) is 6.03. The number of hydrogen-bond acceptors (Lipinski definition) is 0. The van der Waals surface area contributed by atoms with Crippen molar-refractivity contribution in [3.63, 3.8) is 0 Å². The highest BCUT2D eigenvalue weighted by Gasteiger charge is 2.29. The Balaban J connectivity index is 1.88. The molecule has 2 rings (SSSR count). The van der Waals surface area contributed by atoms with Gasteiger partial charge in [0.05, 0.1) is 26.7 Å². The van der Waals surface area contributed by atoms with Gasteiger partial charge in [-0.05, 0) is 31.2 Å². The van der Waals surface area contributed by atoms with Gasteiger partial charge in [0, 0.05) is 6.42 Å². The lowest BCUT2D eigenvalue weighted by atomic mass is 9.92. The molecule has 1 aliphatic rings. The summed E-state index contributed by atoms with van der Waals surface area (Å²) in [5.74, 6) is 0. The van der Waals surface area contributed by atoms with E-state index in [-0.39, 0.29) is 0 Å². The van der Waals surface area contributed by atoms with Crippen LogP contribution in [-0.4, -0.2) is 31.2 Å². The van der Waals surface area contributed by atoms with E-state index in [4.69, 9.17) is 0 Å². The molecule has 0 radical (unpaired) electrons. The first kappa shape index (κ1) is 12.6. The highest BCUT2D eigenvalue weighted by Crippen LogP contribution is 2.25. The Kier molecular flexibility index (Phi) is 4.22. The summed E-state index contributed by atoms with van der Waals surface area (Å²) in [6, 6.07) is 11.8. The van der Waals surface area contributed by atoms with Gasteiger partial charge in [-0.2, -0.15) is 0 Å². The van der Waals surface area contributed by atoms with Crippen LogP contribution in [0.3, 0.4) is 0 Å². The molecule has 1 fully saturated rings. The minimum atomic E-state index is 0.896. The molecule has 1 heteroatoms. The van der Waals surface area contributed by atoms with Crippen LogP contribution in [0.15, 0.2) is 30.3 Å². The van der Waals surface area contributed by atoms with E-state index in [1.54, 1.807) is 0 Å². The average molecular weight is 232 g/mol. The lowest BCUT2D eigenvalue weighted by Crippen LogP contribution is -2.50. The summed E-state index contributed by atoms with van der Waals surface area (Å²) >= 11 is 0. The fourth-order valence-corrected chi connectivity index (χ4v) is 3.02. The zero-order chi connectivity index (χ0) is 12.1.